The van der Waals surface area contributed by atoms with Crippen LogP contribution in [0.15, 0.2) is 6.33 Å². The molecule has 5 heteroatoms. The summed E-state index contributed by atoms with van der Waals surface area (Å²) in [5.41, 5.74) is 2.33. The molecule has 2 fully saturated rings. The molecule has 128 valence electrons. The van der Waals surface area contributed by atoms with Gasteiger partial charge in [-0.3, -0.25) is 4.90 Å². The van der Waals surface area contributed by atoms with Crippen molar-refractivity contribution in [2.45, 2.75) is 39.7 Å². The van der Waals surface area contributed by atoms with Crippen LogP contribution in [0.5, 0.6) is 0 Å². The van der Waals surface area contributed by atoms with Gasteiger partial charge in [0.1, 0.15) is 12.1 Å². The molecule has 0 N–H and O–H groups in total. The minimum Gasteiger partial charge on any atom is -0.356 e. The van der Waals surface area contributed by atoms with Gasteiger partial charge in [0.2, 0.25) is 0 Å². The molecule has 2 saturated heterocycles. The van der Waals surface area contributed by atoms with Crippen molar-refractivity contribution in [3.63, 3.8) is 0 Å². The third kappa shape index (κ3) is 3.66. The molecule has 23 heavy (non-hydrogen) atoms. The summed E-state index contributed by atoms with van der Waals surface area (Å²) in [7, 11) is 2.23. The van der Waals surface area contributed by atoms with Crippen molar-refractivity contribution in [3.8, 4) is 0 Å². The zero-order valence-corrected chi connectivity index (χ0v) is 15.1. The highest BCUT2D eigenvalue weighted by Gasteiger charge is 2.29. The highest BCUT2D eigenvalue weighted by Crippen LogP contribution is 2.28. The minimum atomic E-state index is 0.707. The molecule has 0 saturated carbocycles. The largest absolute Gasteiger partial charge is 0.356 e. The maximum atomic E-state index is 4.53. The Morgan fingerprint density at radius 3 is 2.30 bits per heavy atom. The molecule has 2 aliphatic rings. The molecule has 0 spiro atoms. The fourth-order valence-electron chi connectivity index (χ4n) is 3.97. The molecule has 2 aliphatic heterocycles. The lowest BCUT2D eigenvalue weighted by atomic mass is 9.89. The molecule has 5 nitrogen and oxygen atoms in total. The molecule has 1 aromatic heterocycles. The van der Waals surface area contributed by atoms with Gasteiger partial charge in [-0.1, -0.05) is 0 Å². The van der Waals surface area contributed by atoms with Gasteiger partial charge in [-0.15, -0.1) is 0 Å². The highest BCUT2D eigenvalue weighted by molar-refractivity contribution is 5.47. The van der Waals surface area contributed by atoms with Crippen molar-refractivity contribution >= 4 is 5.82 Å². The van der Waals surface area contributed by atoms with E-state index in [9.17, 15) is 0 Å². The molecule has 0 aliphatic carbocycles. The van der Waals surface area contributed by atoms with Gasteiger partial charge in [0.15, 0.2) is 0 Å². The van der Waals surface area contributed by atoms with Crippen molar-refractivity contribution in [3.05, 3.63) is 17.6 Å². The van der Waals surface area contributed by atoms with Crippen molar-refractivity contribution in [1.29, 1.82) is 0 Å². The summed E-state index contributed by atoms with van der Waals surface area (Å²) in [6.07, 6.45) is 4.25. The second-order valence-corrected chi connectivity index (χ2v) is 7.31. The molecule has 0 bridgehead atoms. The number of hydrogen-bond donors (Lipinski definition) is 0. The lowest BCUT2D eigenvalue weighted by Crippen LogP contribution is -2.51. The predicted molar refractivity (Wildman–Crippen MR) is 95.0 cm³/mol. The first-order chi connectivity index (χ1) is 11.1. The van der Waals surface area contributed by atoms with Crippen LogP contribution < -0.4 is 4.90 Å². The Kier molecular flexibility index (Phi) is 5.17. The van der Waals surface area contributed by atoms with Crippen LogP contribution in [0.25, 0.3) is 0 Å². The summed E-state index contributed by atoms with van der Waals surface area (Å²) >= 11 is 0. The first-order valence-electron chi connectivity index (χ1n) is 9.02. The normalized spacial score (nSPS) is 23.2. The maximum absolute atomic E-state index is 4.53. The van der Waals surface area contributed by atoms with E-state index in [-0.39, 0.29) is 0 Å². The number of rotatable bonds is 3. The molecular weight excluding hydrogens is 286 g/mol. The van der Waals surface area contributed by atoms with E-state index < -0.39 is 0 Å². The molecule has 3 rings (SSSR count). The van der Waals surface area contributed by atoms with E-state index in [1.165, 1.54) is 44.6 Å². The first kappa shape index (κ1) is 16.7. The smallest absolute Gasteiger partial charge is 0.135 e. The molecule has 1 aromatic rings. The summed E-state index contributed by atoms with van der Waals surface area (Å²) in [4.78, 5) is 16.4. The van der Waals surface area contributed by atoms with Gasteiger partial charge < -0.3 is 9.80 Å². The Labute approximate surface area is 140 Å². The van der Waals surface area contributed by atoms with E-state index in [4.69, 9.17) is 0 Å². The standard InChI is InChI=1S/C18H31N5/c1-14-15(2)19-13-20-18(14)23-7-5-17(6-8-23)16(3)22-11-9-21(4)10-12-22/h13,16-17H,5-12H2,1-4H3. The van der Waals surface area contributed by atoms with Crippen LogP contribution in [0.2, 0.25) is 0 Å². The second kappa shape index (κ2) is 7.14. The summed E-state index contributed by atoms with van der Waals surface area (Å²) < 4.78 is 0. The number of piperazine rings is 1. The van der Waals surface area contributed by atoms with Crippen molar-refractivity contribution < 1.29 is 0 Å². The first-order valence-corrected chi connectivity index (χ1v) is 9.02. The number of aromatic nitrogens is 2. The Hall–Kier alpha value is -1.20. The van der Waals surface area contributed by atoms with Crippen LogP contribution >= 0.6 is 0 Å². The topological polar surface area (TPSA) is 35.5 Å². The van der Waals surface area contributed by atoms with E-state index in [0.29, 0.717) is 6.04 Å². The summed E-state index contributed by atoms with van der Waals surface area (Å²) in [6.45, 7) is 13.8. The number of aryl methyl sites for hydroxylation is 1. The minimum absolute atomic E-state index is 0.707. The van der Waals surface area contributed by atoms with Crippen LogP contribution in [0, 0.1) is 19.8 Å². The number of likely N-dealkylation sites (N-methyl/N-ethyl adjacent to an activating group) is 1. The van der Waals surface area contributed by atoms with Crippen LogP contribution in [0.1, 0.15) is 31.0 Å². The van der Waals surface area contributed by atoms with Gasteiger partial charge in [-0.25, -0.2) is 9.97 Å². The van der Waals surface area contributed by atoms with E-state index >= 15 is 0 Å². The molecule has 0 radical (unpaired) electrons. The molecule has 1 atom stereocenters. The van der Waals surface area contributed by atoms with E-state index in [0.717, 1.165) is 30.5 Å². The Balaban J connectivity index is 1.57. The molecular formula is C18H31N5. The van der Waals surface area contributed by atoms with Gasteiger partial charge in [0, 0.05) is 56.6 Å². The van der Waals surface area contributed by atoms with Gasteiger partial charge in [-0.2, -0.15) is 0 Å². The zero-order valence-electron chi connectivity index (χ0n) is 15.1. The summed E-state index contributed by atoms with van der Waals surface area (Å²) in [6, 6.07) is 0.707. The predicted octanol–water partition coefficient (Wildman–Crippen LogP) is 1.95. The fourth-order valence-corrected chi connectivity index (χ4v) is 3.97. The quantitative estimate of drug-likeness (QED) is 0.851. The van der Waals surface area contributed by atoms with E-state index in [1.807, 2.05) is 0 Å². The molecule has 0 amide bonds. The Morgan fingerprint density at radius 1 is 1.00 bits per heavy atom. The van der Waals surface area contributed by atoms with Crippen LogP contribution in [-0.2, 0) is 0 Å². The third-order valence-corrected chi connectivity index (χ3v) is 5.94. The number of anilines is 1. The van der Waals surface area contributed by atoms with Crippen molar-refractivity contribution in [1.82, 2.24) is 19.8 Å². The maximum Gasteiger partial charge on any atom is 0.135 e. The number of hydrogen-bond acceptors (Lipinski definition) is 5. The van der Waals surface area contributed by atoms with Crippen LogP contribution in [-0.4, -0.2) is 72.1 Å². The monoisotopic (exact) mass is 317 g/mol. The summed E-state index contributed by atoms with van der Waals surface area (Å²) in [5, 5.41) is 0. The highest BCUT2D eigenvalue weighted by atomic mass is 15.3. The summed E-state index contributed by atoms with van der Waals surface area (Å²) in [5.74, 6) is 1.96. The number of nitrogens with zero attached hydrogens (tertiary/aromatic N) is 5. The second-order valence-electron chi connectivity index (χ2n) is 7.31. The van der Waals surface area contributed by atoms with Gasteiger partial charge in [0.25, 0.3) is 0 Å². The van der Waals surface area contributed by atoms with Crippen molar-refractivity contribution in [2.75, 3.05) is 51.2 Å². The average molecular weight is 317 g/mol. The fraction of sp³-hybridized carbons (Fsp3) is 0.778. The molecule has 0 aromatic carbocycles. The van der Waals surface area contributed by atoms with Crippen LogP contribution in [0.3, 0.4) is 0 Å². The number of piperidine rings is 1. The van der Waals surface area contributed by atoms with Crippen molar-refractivity contribution in [2.24, 2.45) is 5.92 Å². The Bertz CT molecular complexity index is 516. The SMILES string of the molecule is Cc1ncnc(N2CCC(C(C)N3CCN(C)CC3)CC2)c1C. The zero-order chi connectivity index (χ0) is 16.4. The van der Waals surface area contributed by atoms with Gasteiger partial charge >= 0.3 is 0 Å². The van der Waals surface area contributed by atoms with Gasteiger partial charge in [0.05, 0.1) is 0 Å². The third-order valence-electron chi connectivity index (χ3n) is 5.94. The average Bonchev–Trinajstić information content (AvgIpc) is 2.58. The molecule has 3 heterocycles. The van der Waals surface area contributed by atoms with E-state index in [2.05, 4.69) is 52.5 Å². The van der Waals surface area contributed by atoms with E-state index in [1.54, 1.807) is 6.33 Å². The lowest BCUT2D eigenvalue weighted by Gasteiger charge is -2.43. The Morgan fingerprint density at radius 2 is 1.65 bits per heavy atom. The lowest BCUT2D eigenvalue weighted by molar-refractivity contribution is 0.0813. The van der Waals surface area contributed by atoms with Gasteiger partial charge in [-0.05, 0) is 46.6 Å². The molecule has 1 unspecified atom stereocenters. The van der Waals surface area contributed by atoms with Crippen LogP contribution in [0.4, 0.5) is 5.82 Å².